The number of nitrogens with one attached hydrogen (secondary N) is 1. The molecule has 2 aromatic rings. The van der Waals surface area contributed by atoms with Crippen LogP contribution in [-0.4, -0.2) is 23.4 Å². The Hall–Kier alpha value is -2.75. The van der Waals surface area contributed by atoms with Crippen LogP contribution in [0, 0.1) is 15.9 Å². The zero-order chi connectivity index (χ0) is 15.6. The summed E-state index contributed by atoms with van der Waals surface area (Å²) in [6.45, 7) is 0. The van der Waals surface area contributed by atoms with E-state index in [1.165, 1.54) is 18.3 Å². The van der Waals surface area contributed by atoms with Gasteiger partial charge in [-0.1, -0.05) is 0 Å². The van der Waals surface area contributed by atoms with Crippen molar-refractivity contribution in [2.45, 2.75) is 4.90 Å². The van der Waals surface area contributed by atoms with E-state index >= 15 is 0 Å². The smallest absolute Gasteiger partial charge is 0.292 e. The first-order chi connectivity index (χ1) is 9.81. The summed E-state index contributed by atoms with van der Waals surface area (Å²) >= 11 is 0. The standard InChI is InChI=1S/C11H8FN3O5S/c12-7-3-4-10(8(6-7)15(17)18)21(19,20)14-11-9(16)2-1-5-13-11/h1-6,16H,(H,13,14). The highest BCUT2D eigenvalue weighted by molar-refractivity contribution is 7.92. The third kappa shape index (κ3) is 3.05. The number of aromatic nitrogens is 1. The van der Waals surface area contributed by atoms with Crippen molar-refractivity contribution in [2.24, 2.45) is 0 Å². The van der Waals surface area contributed by atoms with E-state index in [9.17, 15) is 28.0 Å². The highest BCUT2D eigenvalue weighted by Gasteiger charge is 2.27. The van der Waals surface area contributed by atoms with E-state index in [0.29, 0.717) is 6.07 Å². The van der Waals surface area contributed by atoms with E-state index in [2.05, 4.69) is 4.98 Å². The molecule has 0 aliphatic heterocycles. The minimum absolute atomic E-state index is 0.392. The molecule has 1 heterocycles. The monoisotopic (exact) mass is 313 g/mol. The summed E-state index contributed by atoms with van der Waals surface area (Å²) in [5.74, 6) is -1.79. The molecular weight excluding hydrogens is 305 g/mol. The number of rotatable bonds is 4. The Morgan fingerprint density at radius 3 is 2.67 bits per heavy atom. The Morgan fingerprint density at radius 1 is 1.33 bits per heavy atom. The van der Waals surface area contributed by atoms with Gasteiger partial charge < -0.3 is 5.11 Å². The molecule has 2 N–H and O–H groups in total. The lowest BCUT2D eigenvalue weighted by Crippen LogP contribution is -2.15. The quantitative estimate of drug-likeness (QED) is 0.653. The van der Waals surface area contributed by atoms with Crippen molar-refractivity contribution >= 4 is 21.5 Å². The van der Waals surface area contributed by atoms with Gasteiger partial charge in [0.15, 0.2) is 16.5 Å². The number of nitrogens with zero attached hydrogens (tertiary/aromatic N) is 2. The van der Waals surface area contributed by atoms with Crippen LogP contribution in [0.3, 0.4) is 0 Å². The molecule has 0 aliphatic rings. The van der Waals surface area contributed by atoms with Gasteiger partial charge in [-0.05, 0) is 24.3 Å². The number of pyridine rings is 1. The maximum atomic E-state index is 13.0. The van der Waals surface area contributed by atoms with Crippen molar-refractivity contribution < 1.29 is 22.8 Å². The van der Waals surface area contributed by atoms with E-state index in [0.717, 1.165) is 12.1 Å². The molecule has 0 unspecified atom stereocenters. The van der Waals surface area contributed by atoms with E-state index in [1.54, 1.807) is 0 Å². The molecule has 0 aliphatic carbocycles. The number of aromatic hydroxyl groups is 1. The van der Waals surface area contributed by atoms with Crippen molar-refractivity contribution in [3.05, 3.63) is 52.5 Å². The first-order valence-corrected chi connectivity index (χ1v) is 6.90. The first-order valence-electron chi connectivity index (χ1n) is 5.42. The maximum absolute atomic E-state index is 13.0. The normalized spacial score (nSPS) is 11.1. The number of nitro benzene ring substituents is 1. The van der Waals surface area contributed by atoms with E-state index < -0.39 is 42.9 Å². The van der Waals surface area contributed by atoms with Gasteiger partial charge in [0.05, 0.1) is 11.0 Å². The highest BCUT2D eigenvalue weighted by Crippen LogP contribution is 2.28. The number of sulfonamides is 1. The van der Waals surface area contributed by atoms with Crippen molar-refractivity contribution in [3.8, 4) is 5.75 Å². The number of anilines is 1. The second-order valence-corrected chi connectivity index (χ2v) is 5.50. The van der Waals surface area contributed by atoms with Gasteiger partial charge in [-0.15, -0.1) is 0 Å². The fourth-order valence-corrected chi connectivity index (χ4v) is 2.70. The molecule has 0 spiro atoms. The number of hydrogen-bond donors (Lipinski definition) is 2. The molecule has 1 aromatic carbocycles. The molecule has 10 heteroatoms. The summed E-state index contributed by atoms with van der Waals surface area (Å²) in [5.41, 5.74) is -0.919. The lowest BCUT2D eigenvalue weighted by Gasteiger charge is -2.08. The highest BCUT2D eigenvalue weighted by atomic mass is 32.2. The molecular formula is C11H8FN3O5S. The van der Waals surface area contributed by atoms with Crippen molar-refractivity contribution in [1.82, 2.24) is 4.98 Å². The fraction of sp³-hybridized carbons (Fsp3) is 0. The fourth-order valence-electron chi connectivity index (χ4n) is 1.52. The van der Waals surface area contributed by atoms with Crippen molar-refractivity contribution in [3.63, 3.8) is 0 Å². The van der Waals surface area contributed by atoms with Crippen LogP contribution in [0.2, 0.25) is 0 Å². The average molecular weight is 313 g/mol. The van der Waals surface area contributed by atoms with Gasteiger partial charge in [-0.25, -0.2) is 17.8 Å². The van der Waals surface area contributed by atoms with Crippen LogP contribution in [0.4, 0.5) is 15.9 Å². The maximum Gasteiger partial charge on any atom is 0.292 e. The SMILES string of the molecule is O=[N+]([O-])c1cc(F)ccc1S(=O)(=O)Nc1ncccc1O. The molecule has 0 radical (unpaired) electrons. The van der Waals surface area contributed by atoms with Crippen LogP contribution in [0.15, 0.2) is 41.4 Å². The lowest BCUT2D eigenvalue weighted by molar-refractivity contribution is -0.388. The second-order valence-electron chi connectivity index (χ2n) is 3.85. The molecule has 0 bridgehead atoms. The zero-order valence-corrected chi connectivity index (χ0v) is 11.0. The van der Waals surface area contributed by atoms with Gasteiger partial charge in [0.1, 0.15) is 5.82 Å². The van der Waals surface area contributed by atoms with Crippen molar-refractivity contribution in [1.29, 1.82) is 0 Å². The van der Waals surface area contributed by atoms with E-state index in [-0.39, 0.29) is 0 Å². The Balaban J connectivity index is 2.50. The van der Waals surface area contributed by atoms with Gasteiger partial charge in [0.2, 0.25) is 0 Å². The van der Waals surface area contributed by atoms with Crippen LogP contribution in [0.1, 0.15) is 0 Å². The zero-order valence-electron chi connectivity index (χ0n) is 10.2. The third-order valence-electron chi connectivity index (χ3n) is 2.42. The predicted molar refractivity (Wildman–Crippen MR) is 69.8 cm³/mol. The largest absolute Gasteiger partial charge is 0.504 e. The summed E-state index contributed by atoms with van der Waals surface area (Å²) in [7, 11) is -4.41. The molecule has 8 nitrogen and oxygen atoms in total. The number of nitro groups is 1. The molecule has 0 fully saturated rings. The Morgan fingerprint density at radius 2 is 2.05 bits per heavy atom. The first kappa shape index (κ1) is 14.7. The average Bonchev–Trinajstić information content (AvgIpc) is 2.40. The van der Waals surface area contributed by atoms with E-state index in [4.69, 9.17) is 0 Å². The Labute approximate surface area is 118 Å². The minimum atomic E-state index is -4.41. The summed E-state index contributed by atoms with van der Waals surface area (Å²) in [6.07, 6.45) is 1.22. The minimum Gasteiger partial charge on any atom is -0.504 e. The van der Waals surface area contributed by atoms with Gasteiger partial charge in [0.25, 0.3) is 15.7 Å². The molecule has 0 saturated heterocycles. The number of halogens is 1. The van der Waals surface area contributed by atoms with Crippen LogP contribution >= 0.6 is 0 Å². The molecule has 1 aromatic heterocycles. The van der Waals surface area contributed by atoms with Crippen LogP contribution in [0.25, 0.3) is 0 Å². The number of benzene rings is 1. The second kappa shape index (κ2) is 5.32. The molecule has 0 amide bonds. The Bertz CT molecular complexity index is 809. The summed E-state index contributed by atoms with van der Waals surface area (Å²) in [6, 6.07) is 4.58. The topological polar surface area (TPSA) is 122 Å². The predicted octanol–water partition coefficient (Wildman–Crippen LogP) is 1.64. The summed E-state index contributed by atoms with van der Waals surface area (Å²) in [5, 5.41) is 20.3. The lowest BCUT2D eigenvalue weighted by atomic mass is 10.3. The van der Waals surface area contributed by atoms with Gasteiger partial charge in [-0.3, -0.25) is 14.8 Å². The molecule has 21 heavy (non-hydrogen) atoms. The molecule has 0 saturated carbocycles. The van der Waals surface area contributed by atoms with Crippen LogP contribution < -0.4 is 4.72 Å². The van der Waals surface area contributed by atoms with Gasteiger partial charge in [-0.2, -0.15) is 0 Å². The van der Waals surface area contributed by atoms with Crippen LogP contribution in [-0.2, 0) is 10.0 Å². The van der Waals surface area contributed by atoms with Crippen molar-refractivity contribution in [2.75, 3.05) is 4.72 Å². The van der Waals surface area contributed by atoms with Gasteiger partial charge >= 0.3 is 0 Å². The third-order valence-corrected chi connectivity index (χ3v) is 3.81. The molecule has 110 valence electrons. The number of hydrogen-bond acceptors (Lipinski definition) is 6. The molecule has 0 atom stereocenters. The summed E-state index contributed by atoms with van der Waals surface area (Å²) in [4.78, 5) is 12.7. The Kier molecular flexibility index (Phi) is 3.72. The van der Waals surface area contributed by atoms with Gasteiger partial charge in [0, 0.05) is 6.20 Å². The summed E-state index contributed by atoms with van der Waals surface area (Å²) < 4.78 is 39.1. The van der Waals surface area contributed by atoms with Crippen LogP contribution in [0.5, 0.6) is 5.75 Å². The molecule has 2 rings (SSSR count). The van der Waals surface area contributed by atoms with E-state index in [1.807, 2.05) is 4.72 Å².